The summed E-state index contributed by atoms with van der Waals surface area (Å²) in [5.41, 5.74) is 1.25. The van der Waals surface area contributed by atoms with Crippen LogP contribution in [-0.4, -0.2) is 18.5 Å². The zero-order chi connectivity index (χ0) is 14.1. The van der Waals surface area contributed by atoms with Crippen LogP contribution in [0.1, 0.15) is 31.2 Å². The molecular weight excluding hydrogens is 292 g/mol. The van der Waals surface area contributed by atoms with Crippen molar-refractivity contribution in [1.29, 1.82) is 0 Å². The molecule has 0 aliphatic carbocycles. The van der Waals surface area contributed by atoms with Crippen LogP contribution in [0.4, 0.5) is 0 Å². The molecule has 0 spiro atoms. The van der Waals surface area contributed by atoms with Gasteiger partial charge in [-0.1, -0.05) is 36.4 Å². The van der Waals surface area contributed by atoms with Gasteiger partial charge in [0.2, 0.25) is 5.91 Å². The fourth-order valence-electron chi connectivity index (χ4n) is 2.37. The number of nitrogens with one attached hydrogen (secondary N) is 2. The smallest absolute Gasteiger partial charge is 0.241 e. The summed E-state index contributed by atoms with van der Waals surface area (Å²) < 4.78 is 0. The molecule has 1 amide bonds. The molecule has 2 aliphatic rings. The van der Waals surface area contributed by atoms with Crippen LogP contribution < -0.4 is 10.6 Å². The Morgan fingerprint density at radius 2 is 2.30 bits per heavy atom. The lowest BCUT2D eigenvalue weighted by Gasteiger charge is -2.26. The van der Waals surface area contributed by atoms with Gasteiger partial charge in [-0.05, 0) is 49.1 Å². The Kier molecular flexibility index (Phi) is 4.06. The fourth-order valence-corrected chi connectivity index (χ4v) is 3.63. The molecule has 2 unspecified atom stereocenters. The number of fused-ring (bicyclic) bond motifs is 1. The van der Waals surface area contributed by atoms with E-state index in [1.807, 2.05) is 18.2 Å². The second kappa shape index (κ2) is 5.80. The summed E-state index contributed by atoms with van der Waals surface area (Å²) in [7, 11) is 0. The first-order chi connectivity index (χ1) is 9.63. The Hall–Kier alpha value is -0.970. The van der Waals surface area contributed by atoms with E-state index < -0.39 is 0 Å². The van der Waals surface area contributed by atoms with E-state index in [9.17, 15) is 4.79 Å². The lowest BCUT2D eigenvalue weighted by molar-refractivity contribution is -0.123. The Morgan fingerprint density at radius 1 is 1.50 bits per heavy atom. The fraction of sp³-hybridized carbons (Fsp3) is 0.400. The van der Waals surface area contributed by atoms with Crippen LogP contribution in [0.25, 0.3) is 0 Å². The van der Waals surface area contributed by atoms with Gasteiger partial charge in [0, 0.05) is 9.92 Å². The Balaban J connectivity index is 1.77. The molecule has 2 aliphatic heterocycles. The second-order valence-electron chi connectivity index (χ2n) is 5.27. The van der Waals surface area contributed by atoms with Crippen LogP contribution >= 0.6 is 23.4 Å². The average Bonchev–Trinajstić information content (AvgIpc) is 2.48. The second-order valence-corrected chi connectivity index (χ2v) is 6.79. The van der Waals surface area contributed by atoms with Gasteiger partial charge in [-0.15, -0.1) is 0 Å². The first kappa shape index (κ1) is 14.0. The molecule has 3 nitrogen and oxygen atoms in total. The molecule has 1 saturated heterocycles. The van der Waals surface area contributed by atoms with E-state index in [0.717, 1.165) is 29.4 Å². The normalized spacial score (nSPS) is 25.0. The minimum atomic E-state index is -0.0261. The maximum absolute atomic E-state index is 12.0. The highest BCUT2D eigenvalue weighted by Gasteiger charge is 2.26. The summed E-state index contributed by atoms with van der Waals surface area (Å²) in [4.78, 5) is 13.2. The molecule has 0 radical (unpaired) electrons. The number of benzene rings is 1. The zero-order valence-corrected chi connectivity index (χ0v) is 12.9. The number of thioether (sulfide) groups is 1. The Bertz CT molecular complexity index is 569. The van der Waals surface area contributed by atoms with E-state index in [4.69, 9.17) is 11.6 Å². The van der Waals surface area contributed by atoms with Gasteiger partial charge < -0.3 is 10.6 Å². The highest BCUT2D eigenvalue weighted by molar-refractivity contribution is 8.03. The van der Waals surface area contributed by atoms with Crippen molar-refractivity contribution in [2.24, 2.45) is 0 Å². The van der Waals surface area contributed by atoms with Crippen molar-refractivity contribution in [3.05, 3.63) is 39.9 Å². The Morgan fingerprint density at radius 3 is 3.00 bits per heavy atom. The lowest BCUT2D eigenvalue weighted by atomic mass is 9.98. The van der Waals surface area contributed by atoms with Crippen molar-refractivity contribution in [2.75, 3.05) is 6.54 Å². The number of hydrogen-bond acceptors (Lipinski definition) is 3. The number of allylic oxidation sites excluding steroid dienone is 1. The van der Waals surface area contributed by atoms with Crippen molar-refractivity contribution in [3.63, 3.8) is 0 Å². The predicted octanol–water partition coefficient (Wildman–Crippen LogP) is 3.26. The van der Waals surface area contributed by atoms with Crippen molar-refractivity contribution < 1.29 is 4.79 Å². The zero-order valence-electron chi connectivity index (χ0n) is 11.3. The van der Waals surface area contributed by atoms with Crippen LogP contribution in [0.3, 0.4) is 0 Å². The molecule has 3 rings (SSSR count). The molecule has 1 fully saturated rings. The third-order valence-electron chi connectivity index (χ3n) is 3.77. The number of carbonyl (C=O) groups is 1. The topological polar surface area (TPSA) is 41.1 Å². The van der Waals surface area contributed by atoms with Crippen LogP contribution in [0.2, 0.25) is 5.02 Å². The summed E-state index contributed by atoms with van der Waals surface area (Å²) in [6.45, 7) is 3.12. The molecule has 1 aromatic rings. The highest BCUT2D eigenvalue weighted by Crippen LogP contribution is 2.39. The van der Waals surface area contributed by atoms with Gasteiger partial charge >= 0.3 is 0 Å². The van der Waals surface area contributed by atoms with E-state index in [1.54, 1.807) is 11.8 Å². The minimum Gasteiger partial charge on any atom is -0.319 e. The monoisotopic (exact) mass is 308 g/mol. The van der Waals surface area contributed by atoms with E-state index in [0.29, 0.717) is 5.92 Å². The van der Waals surface area contributed by atoms with Crippen molar-refractivity contribution >= 4 is 29.3 Å². The molecular formula is C15H17ClN2OS. The number of rotatable bonds is 2. The molecule has 20 heavy (non-hydrogen) atoms. The third kappa shape index (κ3) is 2.87. The average molecular weight is 309 g/mol. The molecule has 0 bridgehead atoms. The van der Waals surface area contributed by atoms with E-state index in [-0.39, 0.29) is 11.9 Å². The summed E-state index contributed by atoms with van der Waals surface area (Å²) >= 11 is 7.69. The molecule has 106 valence electrons. The quantitative estimate of drug-likeness (QED) is 0.881. The van der Waals surface area contributed by atoms with Gasteiger partial charge in [-0.3, -0.25) is 4.79 Å². The van der Waals surface area contributed by atoms with Gasteiger partial charge in [0.25, 0.3) is 0 Å². The standard InChI is InChI=1S/C15H17ClN2OS/c1-9-2-5-14(18-15(19)12-6-7-17-12)20-13-4-3-10(16)8-11(9)13/h3-5,8-9,12,17H,2,6-7H2,1H3,(H,18,19). The molecule has 2 heterocycles. The maximum atomic E-state index is 12.0. The van der Waals surface area contributed by atoms with E-state index in [1.165, 1.54) is 10.5 Å². The van der Waals surface area contributed by atoms with Gasteiger partial charge in [-0.25, -0.2) is 0 Å². The predicted molar refractivity (Wildman–Crippen MR) is 83.0 cm³/mol. The highest BCUT2D eigenvalue weighted by atomic mass is 35.5. The number of hydrogen-bond donors (Lipinski definition) is 2. The van der Waals surface area contributed by atoms with Gasteiger partial charge in [0.15, 0.2) is 0 Å². The van der Waals surface area contributed by atoms with Gasteiger partial charge in [0.1, 0.15) is 0 Å². The molecule has 1 aromatic carbocycles. The summed E-state index contributed by atoms with van der Waals surface area (Å²) in [5.74, 6) is 0.479. The van der Waals surface area contributed by atoms with Gasteiger partial charge in [0.05, 0.1) is 11.1 Å². The van der Waals surface area contributed by atoms with Crippen molar-refractivity contribution in [2.45, 2.75) is 36.6 Å². The molecule has 2 atom stereocenters. The molecule has 0 aromatic heterocycles. The summed E-state index contributed by atoms with van der Waals surface area (Å²) in [5, 5.41) is 7.84. The maximum Gasteiger partial charge on any atom is 0.241 e. The van der Waals surface area contributed by atoms with Crippen LogP contribution in [-0.2, 0) is 4.79 Å². The Labute approximate surface area is 128 Å². The largest absolute Gasteiger partial charge is 0.319 e. The lowest BCUT2D eigenvalue weighted by Crippen LogP contribution is -2.52. The van der Waals surface area contributed by atoms with E-state index in [2.05, 4.69) is 23.6 Å². The number of amides is 1. The van der Waals surface area contributed by atoms with E-state index >= 15 is 0 Å². The van der Waals surface area contributed by atoms with Gasteiger partial charge in [-0.2, -0.15) is 0 Å². The molecule has 0 saturated carbocycles. The SMILES string of the molecule is CC1CC=C(NC(=O)C2CCN2)Sc2ccc(Cl)cc21. The van der Waals surface area contributed by atoms with Crippen LogP contribution in [0.5, 0.6) is 0 Å². The third-order valence-corrected chi connectivity index (χ3v) is 5.08. The van der Waals surface area contributed by atoms with Crippen molar-refractivity contribution in [3.8, 4) is 0 Å². The minimum absolute atomic E-state index is 0.0261. The summed E-state index contributed by atoms with van der Waals surface area (Å²) in [6, 6.07) is 5.94. The number of halogens is 1. The number of carbonyl (C=O) groups excluding carboxylic acids is 1. The molecule has 2 N–H and O–H groups in total. The van der Waals surface area contributed by atoms with Crippen molar-refractivity contribution in [1.82, 2.24) is 10.6 Å². The first-order valence-corrected chi connectivity index (χ1v) is 8.04. The van der Waals surface area contributed by atoms with Crippen LogP contribution in [0.15, 0.2) is 34.2 Å². The van der Waals surface area contributed by atoms with Crippen LogP contribution in [0, 0.1) is 0 Å². The summed E-state index contributed by atoms with van der Waals surface area (Å²) in [6.07, 6.45) is 3.94. The first-order valence-electron chi connectivity index (χ1n) is 6.85. The molecule has 5 heteroatoms.